The minimum absolute atomic E-state index is 0.0523. The Morgan fingerprint density at radius 3 is 2.67 bits per heavy atom. The molecule has 2 atom stereocenters. The summed E-state index contributed by atoms with van der Waals surface area (Å²) in [6.45, 7) is 2.04. The van der Waals surface area contributed by atoms with Gasteiger partial charge in [-0.15, -0.1) is 0 Å². The summed E-state index contributed by atoms with van der Waals surface area (Å²) in [4.78, 5) is 26.7. The maximum absolute atomic E-state index is 12.6. The van der Waals surface area contributed by atoms with Crippen LogP contribution in [0.1, 0.15) is 44.6 Å². The molecule has 1 heterocycles. The molecule has 2 aliphatic rings. The molecule has 4 nitrogen and oxygen atoms in total. The molecule has 1 aliphatic heterocycles. The van der Waals surface area contributed by atoms with E-state index in [1.807, 2.05) is 30.3 Å². The Kier molecular flexibility index (Phi) is 5.39. The highest BCUT2D eigenvalue weighted by Crippen LogP contribution is 2.39. The van der Waals surface area contributed by atoms with Gasteiger partial charge in [0.05, 0.1) is 4.83 Å². The Bertz CT molecular complexity index is 654. The molecule has 0 spiro atoms. The average Bonchev–Trinajstić information content (AvgIpc) is 2.99. The minimum atomic E-state index is -0.510. The van der Waals surface area contributed by atoms with Crippen molar-refractivity contribution in [1.29, 1.82) is 0 Å². The number of hydrogen-bond acceptors (Lipinski definition) is 3. The number of allylic oxidation sites excluding steroid dienone is 1. The third-order valence-electron chi connectivity index (χ3n) is 4.67. The number of carbonyl (C=O) groups is 2. The third-order valence-corrected chi connectivity index (χ3v) is 5.06. The van der Waals surface area contributed by atoms with Gasteiger partial charge in [-0.2, -0.15) is 0 Å². The first-order valence-corrected chi connectivity index (χ1v) is 9.38. The number of esters is 1. The maximum atomic E-state index is 12.6. The highest BCUT2D eigenvalue weighted by Gasteiger charge is 2.42. The lowest BCUT2D eigenvalue weighted by molar-refractivity contribution is -0.153. The van der Waals surface area contributed by atoms with Crippen LogP contribution < -0.4 is 0 Å². The van der Waals surface area contributed by atoms with E-state index in [2.05, 4.69) is 15.9 Å². The van der Waals surface area contributed by atoms with Crippen molar-refractivity contribution in [3.05, 3.63) is 47.2 Å². The van der Waals surface area contributed by atoms with Gasteiger partial charge in [0.25, 0.3) is 0 Å². The molecule has 1 aromatic carbocycles. The zero-order valence-corrected chi connectivity index (χ0v) is 15.4. The van der Waals surface area contributed by atoms with Crippen molar-refractivity contribution in [3.8, 4) is 0 Å². The number of ether oxygens (including phenoxy) is 1. The van der Waals surface area contributed by atoms with Gasteiger partial charge in [-0.05, 0) is 43.7 Å². The van der Waals surface area contributed by atoms with Crippen LogP contribution in [0.3, 0.4) is 0 Å². The van der Waals surface area contributed by atoms with Crippen molar-refractivity contribution >= 4 is 27.8 Å². The van der Waals surface area contributed by atoms with E-state index in [1.165, 1.54) is 5.57 Å². The second kappa shape index (κ2) is 7.51. The summed E-state index contributed by atoms with van der Waals surface area (Å²) in [5.41, 5.74) is 3.26. The first-order valence-electron chi connectivity index (χ1n) is 8.46. The number of halogens is 1. The molecule has 0 unspecified atom stereocenters. The molecule has 1 aliphatic carbocycles. The van der Waals surface area contributed by atoms with E-state index in [0.29, 0.717) is 6.42 Å². The van der Waals surface area contributed by atoms with Gasteiger partial charge in [0.1, 0.15) is 12.6 Å². The lowest BCUT2D eigenvalue weighted by Crippen LogP contribution is -2.44. The van der Waals surface area contributed by atoms with Gasteiger partial charge in [-0.3, -0.25) is 4.79 Å². The largest absolute Gasteiger partial charge is 0.459 e. The van der Waals surface area contributed by atoms with Crippen LogP contribution in [-0.4, -0.2) is 27.6 Å². The number of rotatable bonds is 4. The summed E-state index contributed by atoms with van der Waals surface area (Å²) in [6.07, 6.45) is 4.69. The Balaban J connectivity index is 1.73. The standard InChI is InChI=1S/C19H22BrNO3/c1-13(20)18(22)21-16-10-6-5-9-15(16)11-17(21)19(23)24-12-14-7-3-2-4-8-14/h2-4,7-8,13,17H,5-6,9-12H2,1H3/t13-,17+/m1/s1. The fourth-order valence-corrected chi connectivity index (χ4v) is 3.69. The zero-order chi connectivity index (χ0) is 17.1. The van der Waals surface area contributed by atoms with Crippen molar-refractivity contribution in [2.75, 3.05) is 0 Å². The van der Waals surface area contributed by atoms with Crippen molar-refractivity contribution < 1.29 is 14.3 Å². The summed E-state index contributed by atoms with van der Waals surface area (Å²) in [6, 6.07) is 9.11. The van der Waals surface area contributed by atoms with Crippen molar-refractivity contribution in [2.45, 2.75) is 56.5 Å². The normalized spacial score (nSPS) is 21.4. The molecule has 0 fully saturated rings. The molecule has 0 aromatic heterocycles. The van der Waals surface area contributed by atoms with Crippen LogP contribution >= 0.6 is 15.9 Å². The third kappa shape index (κ3) is 3.56. The molecule has 0 N–H and O–H groups in total. The monoisotopic (exact) mass is 391 g/mol. The molecule has 128 valence electrons. The van der Waals surface area contributed by atoms with Crippen LogP contribution in [0.5, 0.6) is 0 Å². The second-order valence-electron chi connectivity index (χ2n) is 6.39. The Morgan fingerprint density at radius 1 is 1.25 bits per heavy atom. The summed E-state index contributed by atoms with van der Waals surface area (Å²) >= 11 is 3.35. The Labute approximate surface area is 151 Å². The van der Waals surface area contributed by atoms with E-state index in [9.17, 15) is 9.59 Å². The number of hydrogen-bond donors (Lipinski definition) is 0. The molecular weight excluding hydrogens is 370 g/mol. The van der Waals surface area contributed by atoms with E-state index in [1.54, 1.807) is 11.8 Å². The van der Waals surface area contributed by atoms with Gasteiger partial charge in [0, 0.05) is 12.1 Å². The number of carbonyl (C=O) groups excluding carboxylic acids is 2. The van der Waals surface area contributed by atoms with E-state index >= 15 is 0 Å². The molecule has 5 heteroatoms. The molecule has 24 heavy (non-hydrogen) atoms. The van der Waals surface area contributed by atoms with Crippen LogP contribution in [0.25, 0.3) is 0 Å². The average molecular weight is 392 g/mol. The summed E-state index contributed by atoms with van der Waals surface area (Å²) in [5, 5.41) is 0. The van der Waals surface area contributed by atoms with E-state index < -0.39 is 6.04 Å². The van der Waals surface area contributed by atoms with Crippen LogP contribution in [0.4, 0.5) is 0 Å². The number of nitrogens with zero attached hydrogens (tertiary/aromatic N) is 1. The fraction of sp³-hybridized carbons (Fsp3) is 0.474. The number of alkyl halides is 1. The molecule has 0 saturated carbocycles. The molecule has 0 radical (unpaired) electrons. The highest BCUT2D eigenvalue weighted by molar-refractivity contribution is 9.10. The maximum Gasteiger partial charge on any atom is 0.329 e. The zero-order valence-electron chi connectivity index (χ0n) is 13.8. The van der Waals surface area contributed by atoms with E-state index in [4.69, 9.17) is 4.74 Å². The van der Waals surface area contributed by atoms with E-state index in [-0.39, 0.29) is 23.3 Å². The summed E-state index contributed by atoms with van der Waals surface area (Å²) < 4.78 is 5.50. The predicted octanol–water partition coefficient (Wildman–Crippen LogP) is 3.94. The molecule has 1 aromatic rings. The molecule has 0 saturated heterocycles. The fourth-order valence-electron chi connectivity index (χ4n) is 3.47. The van der Waals surface area contributed by atoms with Crippen LogP contribution in [0.2, 0.25) is 0 Å². The first kappa shape index (κ1) is 17.2. The van der Waals surface area contributed by atoms with Crippen molar-refractivity contribution in [3.63, 3.8) is 0 Å². The molecule has 1 amide bonds. The molecule has 3 rings (SSSR count). The predicted molar refractivity (Wildman–Crippen MR) is 95.4 cm³/mol. The van der Waals surface area contributed by atoms with Gasteiger partial charge < -0.3 is 9.64 Å². The van der Waals surface area contributed by atoms with E-state index in [0.717, 1.165) is 36.9 Å². The molecule has 0 bridgehead atoms. The van der Waals surface area contributed by atoms with Crippen LogP contribution in [0, 0.1) is 0 Å². The molecular formula is C19H22BrNO3. The van der Waals surface area contributed by atoms with Gasteiger partial charge in [0.15, 0.2) is 0 Å². The van der Waals surface area contributed by atoms with Crippen molar-refractivity contribution in [2.24, 2.45) is 0 Å². The first-order chi connectivity index (χ1) is 11.6. The SMILES string of the molecule is C[C@@H](Br)C(=O)N1C2=C(CCCC2)C[C@H]1C(=O)OCc1ccccc1. The van der Waals surface area contributed by atoms with Crippen LogP contribution in [0.15, 0.2) is 41.6 Å². The lowest BCUT2D eigenvalue weighted by atomic mass is 9.96. The quantitative estimate of drug-likeness (QED) is 0.576. The van der Waals surface area contributed by atoms with Crippen LogP contribution in [-0.2, 0) is 20.9 Å². The second-order valence-corrected chi connectivity index (χ2v) is 7.77. The Morgan fingerprint density at radius 2 is 1.96 bits per heavy atom. The lowest BCUT2D eigenvalue weighted by Gasteiger charge is -2.28. The minimum Gasteiger partial charge on any atom is -0.459 e. The topological polar surface area (TPSA) is 46.6 Å². The van der Waals surface area contributed by atoms with Gasteiger partial charge >= 0.3 is 5.97 Å². The Hall–Kier alpha value is -1.62. The summed E-state index contributed by atoms with van der Waals surface area (Å²) in [7, 11) is 0. The summed E-state index contributed by atoms with van der Waals surface area (Å²) in [5.74, 6) is -0.363. The number of amides is 1. The number of benzene rings is 1. The van der Waals surface area contributed by atoms with Gasteiger partial charge in [-0.25, -0.2) is 4.79 Å². The van der Waals surface area contributed by atoms with Crippen molar-refractivity contribution in [1.82, 2.24) is 4.90 Å². The smallest absolute Gasteiger partial charge is 0.329 e. The van der Waals surface area contributed by atoms with Gasteiger partial charge in [0.2, 0.25) is 5.91 Å². The van der Waals surface area contributed by atoms with Gasteiger partial charge in [-0.1, -0.05) is 46.3 Å². The highest BCUT2D eigenvalue weighted by atomic mass is 79.9.